The van der Waals surface area contributed by atoms with Crippen LogP contribution in [0.1, 0.15) is 26.3 Å². The van der Waals surface area contributed by atoms with Crippen LogP contribution in [0.15, 0.2) is 29.2 Å². The van der Waals surface area contributed by atoms with Crippen molar-refractivity contribution in [1.82, 2.24) is 5.32 Å². The van der Waals surface area contributed by atoms with Crippen LogP contribution >= 0.6 is 0 Å². The van der Waals surface area contributed by atoms with Crippen LogP contribution in [0.3, 0.4) is 0 Å². The summed E-state index contributed by atoms with van der Waals surface area (Å²) in [7, 11) is -5.26. The Morgan fingerprint density at radius 1 is 1.14 bits per heavy atom. The molecule has 0 amide bonds. The summed E-state index contributed by atoms with van der Waals surface area (Å²) in [5.41, 5.74) is -4.46. The Balaban J connectivity index is 2.93. The zero-order valence-electron chi connectivity index (χ0n) is 12.2. The summed E-state index contributed by atoms with van der Waals surface area (Å²) in [6.07, 6.45) is 0.637. The molecule has 0 saturated carbocycles. The van der Waals surface area contributed by atoms with Gasteiger partial charge in [0.05, 0.1) is 4.90 Å². The summed E-state index contributed by atoms with van der Waals surface area (Å²) in [4.78, 5) is -0.719. The van der Waals surface area contributed by atoms with Gasteiger partial charge in [0.25, 0.3) is 9.84 Å². The summed E-state index contributed by atoms with van der Waals surface area (Å²) in [6, 6.07) is 5.10. The quantitative estimate of drug-likeness (QED) is 0.875. The van der Waals surface area contributed by atoms with Crippen molar-refractivity contribution < 1.29 is 21.6 Å². The van der Waals surface area contributed by atoms with E-state index in [9.17, 15) is 21.6 Å². The molecule has 0 fully saturated rings. The van der Waals surface area contributed by atoms with Gasteiger partial charge in [0.15, 0.2) is 0 Å². The lowest BCUT2D eigenvalue weighted by molar-refractivity contribution is -0.0436. The average Bonchev–Trinajstić information content (AvgIpc) is 2.37. The first-order valence-electron chi connectivity index (χ1n) is 6.73. The number of rotatable bonds is 6. The van der Waals surface area contributed by atoms with Gasteiger partial charge in [-0.05, 0) is 36.6 Å². The molecule has 1 atom stereocenters. The van der Waals surface area contributed by atoms with Crippen molar-refractivity contribution >= 4 is 9.84 Å². The SMILES string of the molecule is CCNC(Cc1ccc(S(=O)(=O)C(F)(F)F)cc1)C(C)C. The molecule has 1 aromatic rings. The standard InChI is InChI=1S/C14H20F3NO2S/c1-4-18-13(10(2)3)9-11-5-7-12(8-6-11)21(19,20)14(15,16)17/h5-8,10,13,18H,4,9H2,1-3H3. The van der Waals surface area contributed by atoms with Gasteiger partial charge in [-0.3, -0.25) is 0 Å². The Morgan fingerprint density at radius 3 is 2.05 bits per heavy atom. The smallest absolute Gasteiger partial charge is 0.314 e. The molecule has 0 radical (unpaired) electrons. The molecule has 0 aliphatic carbocycles. The number of nitrogens with one attached hydrogen (secondary N) is 1. The van der Waals surface area contributed by atoms with Gasteiger partial charge in [0, 0.05) is 6.04 Å². The third-order valence-corrected chi connectivity index (χ3v) is 4.77. The van der Waals surface area contributed by atoms with Crippen LogP contribution in [0, 0.1) is 5.92 Å². The minimum Gasteiger partial charge on any atom is -0.314 e. The van der Waals surface area contributed by atoms with Gasteiger partial charge in [-0.25, -0.2) is 8.42 Å². The van der Waals surface area contributed by atoms with E-state index >= 15 is 0 Å². The molecule has 1 unspecified atom stereocenters. The van der Waals surface area contributed by atoms with Crippen LogP contribution in [-0.2, 0) is 16.3 Å². The Morgan fingerprint density at radius 2 is 1.67 bits per heavy atom. The molecule has 1 aromatic carbocycles. The maximum atomic E-state index is 12.4. The predicted octanol–water partition coefficient (Wildman–Crippen LogP) is 3.16. The van der Waals surface area contributed by atoms with E-state index in [4.69, 9.17) is 0 Å². The molecule has 0 spiro atoms. The molecular formula is C14H20F3NO2S. The lowest BCUT2D eigenvalue weighted by Gasteiger charge is -2.22. The van der Waals surface area contributed by atoms with Crippen molar-refractivity contribution in [2.24, 2.45) is 5.92 Å². The zero-order chi connectivity index (χ0) is 16.3. The number of benzene rings is 1. The molecule has 1 rings (SSSR count). The highest BCUT2D eigenvalue weighted by Gasteiger charge is 2.46. The number of hydrogen-bond acceptors (Lipinski definition) is 3. The summed E-state index contributed by atoms with van der Waals surface area (Å²) in [5, 5.41) is 3.30. The van der Waals surface area contributed by atoms with E-state index in [1.54, 1.807) is 0 Å². The largest absolute Gasteiger partial charge is 0.501 e. The fraction of sp³-hybridized carbons (Fsp3) is 0.571. The molecule has 1 N–H and O–H groups in total. The summed E-state index contributed by atoms with van der Waals surface area (Å²) in [6.45, 7) is 6.88. The molecule has 7 heteroatoms. The highest BCUT2D eigenvalue weighted by atomic mass is 32.2. The van der Waals surface area contributed by atoms with Crippen molar-refractivity contribution in [3.8, 4) is 0 Å². The molecule has 0 aliphatic rings. The summed E-state index contributed by atoms with van der Waals surface area (Å²) >= 11 is 0. The molecule has 0 bridgehead atoms. The first kappa shape index (κ1) is 18.0. The predicted molar refractivity (Wildman–Crippen MR) is 75.7 cm³/mol. The van der Waals surface area contributed by atoms with E-state index in [1.807, 2.05) is 6.92 Å². The van der Waals surface area contributed by atoms with Crippen molar-refractivity contribution in [2.45, 2.75) is 43.6 Å². The number of sulfone groups is 1. The topological polar surface area (TPSA) is 46.2 Å². The fourth-order valence-electron chi connectivity index (χ4n) is 2.00. The monoisotopic (exact) mass is 323 g/mol. The van der Waals surface area contributed by atoms with E-state index in [1.165, 1.54) is 12.1 Å². The van der Waals surface area contributed by atoms with E-state index in [2.05, 4.69) is 19.2 Å². The van der Waals surface area contributed by atoms with Crippen LogP contribution in [-0.4, -0.2) is 26.5 Å². The maximum absolute atomic E-state index is 12.4. The van der Waals surface area contributed by atoms with Gasteiger partial charge in [0.1, 0.15) is 0 Å². The normalized spacial score (nSPS) is 14.4. The van der Waals surface area contributed by atoms with Crippen LogP contribution in [0.25, 0.3) is 0 Å². The highest BCUT2D eigenvalue weighted by molar-refractivity contribution is 7.92. The van der Waals surface area contributed by atoms with Gasteiger partial charge >= 0.3 is 5.51 Å². The van der Waals surface area contributed by atoms with Crippen LogP contribution in [0.4, 0.5) is 13.2 Å². The second kappa shape index (κ2) is 6.79. The third-order valence-electron chi connectivity index (χ3n) is 3.27. The lowest BCUT2D eigenvalue weighted by atomic mass is 9.96. The lowest BCUT2D eigenvalue weighted by Crippen LogP contribution is -2.35. The summed E-state index contributed by atoms with van der Waals surface area (Å²) in [5.74, 6) is 0.364. The van der Waals surface area contributed by atoms with Crippen molar-refractivity contribution in [1.29, 1.82) is 0 Å². The Hall–Kier alpha value is -1.08. The second-order valence-electron chi connectivity index (χ2n) is 5.21. The molecule has 0 saturated heterocycles. The van der Waals surface area contributed by atoms with Crippen LogP contribution in [0.5, 0.6) is 0 Å². The minimum absolute atomic E-state index is 0.195. The van der Waals surface area contributed by atoms with Crippen molar-refractivity contribution in [3.63, 3.8) is 0 Å². The zero-order valence-corrected chi connectivity index (χ0v) is 13.1. The van der Waals surface area contributed by atoms with Crippen LogP contribution < -0.4 is 5.32 Å². The van der Waals surface area contributed by atoms with E-state index in [0.29, 0.717) is 12.3 Å². The van der Waals surface area contributed by atoms with Gasteiger partial charge in [-0.2, -0.15) is 13.2 Å². The Bertz CT molecular complexity index is 551. The average molecular weight is 323 g/mol. The van der Waals surface area contributed by atoms with Crippen molar-refractivity contribution in [2.75, 3.05) is 6.54 Å². The van der Waals surface area contributed by atoms with E-state index < -0.39 is 20.2 Å². The first-order valence-corrected chi connectivity index (χ1v) is 8.21. The molecule has 0 aromatic heterocycles. The Labute approximate surface area is 123 Å². The van der Waals surface area contributed by atoms with Crippen LogP contribution in [0.2, 0.25) is 0 Å². The summed E-state index contributed by atoms with van der Waals surface area (Å²) < 4.78 is 59.8. The highest BCUT2D eigenvalue weighted by Crippen LogP contribution is 2.30. The molecule has 0 heterocycles. The molecule has 120 valence electrons. The first-order chi connectivity index (χ1) is 9.59. The fourth-order valence-corrected chi connectivity index (χ4v) is 2.76. The van der Waals surface area contributed by atoms with Gasteiger partial charge < -0.3 is 5.32 Å². The minimum atomic E-state index is -5.27. The molecule has 21 heavy (non-hydrogen) atoms. The number of halogens is 3. The number of hydrogen-bond donors (Lipinski definition) is 1. The van der Waals surface area contributed by atoms with E-state index in [0.717, 1.165) is 24.2 Å². The Kier molecular flexibility index (Phi) is 5.81. The number of alkyl halides is 3. The van der Waals surface area contributed by atoms with Crippen molar-refractivity contribution in [3.05, 3.63) is 29.8 Å². The van der Waals surface area contributed by atoms with Gasteiger partial charge in [0.2, 0.25) is 0 Å². The molecule has 0 aliphatic heterocycles. The van der Waals surface area contributed by atoms with E-state index in [-0.39, 0.29) is 6.04 Å². The molecule has 3 nitrogen and oxygen atoms in total. The van der Waals surface area contributed by atoms with Gasteiger partial charge in [-0.1, -0.05) is 32.9 Å². The molecular weight excluding hydrogens is 303 g/mol. The maximum Gasteiger partial charge on any atom is 0.501 e. The van der Waals surface area contributed by atoms with Gasteiger partial charge in [-0.15, -0.1) is 0 Å². The third kappa shape index (κ3) is 4.44. The second-order valence-corrected chi connectivity index (χ2v) is 7.15. The number of likely N-dealkylation sites (N-methyl/N-ethyl adjacent to an activating group) is 1.